The lowest BCUT2D eigenvalue weighted by atomic mass is 10.0. The second kappa shape index (κ2) is 10.3. The lowest BCUT2D eigenvalue weighted by Crippen LogP contribution is -2.57. The van der Waals surface area contributed by atoms with Crippen molar-refractivity contribution in [2.75, 3.05) is 9.80 Å². The van der Waals surface area contributed by atoms with Crippen molar-refractivity contribution in [3.8, 4) is 5.75 Å². The van der Waals surface area contributed by atoms with Crippen LogP contribution in [0.25, 0.3) is 6.08 Å². The molecule has 4 amide bonds. The van der Waals surface area contributed by atoms with E-state index in [1.165, 1.54) is 11.6 Å². The number of hydrogen-bond donors (Lipinski definition) is 0. The molecular weight excluding hydrogens is 464 g/mol. The van der Waals surface area contributed by atoms with E-state index in [2.05, 4.69) is 0 Å². The average Bonchev–Trinajstić information content (AvgIpc) is 2.93. The van der Waals surface area contributed by atoms with Gasteiger partial charge in [0.05, 0.1) is 11.4 Å². The van der Waals surface area contributed by atoms with Crippen molar-refractivity contribution >= 4 is 35.3 Å². The van der Waals surface area contributed by atoms with Crippen molar-refractivity contribution in [2.45, 2.75) is 13.5 Å². The smallest absolute Gasteiger partial charge is 0.343 e. The van der Waals surface area contributed by atoms with Crippen molar-refractivity contribution in [1.29, 1.82) is 0 Å². The van der Waals surface area contributed by atoms with Gasteiger partial charge in [-0.1, -0.05) is 78.4 Å². The Kier molecular flexibility index (Phi) is 6.64. The van der Waals surface area contributed by atoms with Crippen molar-refractivity contribution < 1.29 is 19.1 Å². The number of barbiturate groups is 1. The molecule has 0 atom stereocenters. The number of nitrogens with zero attached hydrogens (tertiary/aromatic N) is 2. The third kappa shape index (κ3) is 5.04. The normalized spacial score (nSPS) is 13.6. The fourth-order valence-electron chi connectivity index (χ4n) is 4.02. The maximum atomic E-state index is 13.4. The van der Waals surface area contributed by atoms with Gasteiger partial charge >= 0.3 is 6.03 Å². The molecule has 0 radical (unpaired) electrons. The minimum atomic E-state index is -0.718. The minimum Gasteiger partial charge on any atom is -0.489 e. The molecule has 0 spiro atoms. The second-order valence-corrected chi connectivity index (χ2v) is 8.64. The van der Waals surface area contributed by atoms with E-state index in [1.807, 2.05) is 31.2 Å². The van der Waals surface area contributed by atoms with E-state index < -0.39 is 17.8 Å². The number of anilines is 2. The Hall–Kier alpha value is -4.97. The molecule has 0 aliphatic carbocycles. The molecule has 0 aromatic heterocycles. The van der Waals surface area contributed by atoms with Crippen LogP contribution in [0.3, 0.4) is 0 Å². The largest absolute Gasteiger partial charge is 0.489 e. The molecule has 6 heteroatoms. The highest BCUT2D eigenvalue weighted by Crippen LogP contribution is 2.29. The van der Waals surface area contributed by atoms with Gasteiger partial charge in [-0.15, -0.1) is 0 Å². The molecule has 4 aromatic rings. The van der Waals surface area contributed by atoms with Crippen LogP contribution in [0.15, 0.2) is 115 Å². The summed E-state index contributed by atoms with van der Waals surface area (Å²) in [4.78, 5) is 42.3. The van der Waals surface area contributed by atoms with Crippen LogP contribution < -0.4 is 14.5 Å². The highest BCUT2D eigenvalue weighted by atomic mass is 16.5. The highest BCUT2D eigenvalue weighted by Gasteiger charge is 2.43. The summed E-state index contributed by atoms with van der Waals surface area (Å²) in [6.45, 7) is 2.46. The Labute approximate surface area is 215 Å². The lowest BCUT2D eigenvalue weighted by Gasteiger charge is -2.33. The summed E-state index contributed by atoms with van der Waals surface area (Å²) < 4.78 is 5.87. The van der Waals surface area contributed by atoms with Gasteiger partial charge in [-0.3, -0.25) is 9.59 Å². The molecule has 1 saturated heterocycles. The minimum absolute atomic E-state index is 0.111. The van der Waals surface area contributed by atoms with Crippen molar-refractivity contribution in [1.82, 2.24) is 0 Å². The molecule has 4 aromatic carbocycles. The molecule has 1 fully saturated rings. The van der Waals surface area contributed by atoms with Gasteiger partial charge in [0.25, 0.3) is 11.8 Å². The van der Waals surface area contributed by atoms with Crippen molar-refractivity contribution in [3.05, 3.63) is 131 Å². The fourth-order valence-corrected chi connectivity index (χ4v) is 4.02. The maximum absolute atomic E-state index is 13.4. The number of hydrogen-bond acceptors (Lipinski definition) is 4. The number of urea groups is 1. The van der Waals surface area contributed by atoms with Gasteiger partial charge in [-0.2, -0.15) is 0 Å². The third-order valence-corrected chi connectivity index (χ3v) is 6.00. The number of carbonyl (C=O) groups excluding carboxylic acids is 3. The molecule has 1 heterocycles. The first-order chi connectivity index (χ1) is 18.0. The van der Waals surface area contributed by atoms with Gasteiger partial charge in [0.2, 0.25) is 0 Å². The zero-order chi connectivity index (χ0) is 25.8. The van der Waals surface area contributed by atoms with Gasteiger partial charge in [-0.05, 0) is 60.5 Å². The van der Waals surface area contributed by atoms with Crippen LogP contribution in [-0.4, -0.2) is 17.8 Å². The van der Waals surface area contributed by atoms with Gasteiger partial charge in [-0.25, -0.2) is 14.6 Å². The zero-order valence-corrected chi connectivity index (χ0v) is 20.2. The number of ether oxygens (including phenoxy) is 1. The van der Waals surface area contributed by atoms with Crippen LogP contribution in [0.4, 0.5) is 16.2 Å². The number of benzene rings is 4. The predicted octanol–water partition coefficient (Wildman–Crippen LogP) is 6.16. The summed E-state index contributed by atoms with van der Waals surface area (Å²) in [5, 5.41) is 0. The van der Waals surface area contributed by atoms with Gasteiger partial charge < -0.3 is 4.74 Å². The average molecular weight is 489 g/mol. The van der Waals surface area contributed by atoms with Crippen LogP contribution in [-0.2, 0) is 16.2 Å². The fraction of sp³-hybridized carbons (Fsp3) is 0.0645. The molecule has 37 heavy (non-hydrogen) atoms. The zero-order valence-electron chi connectivity index (χ0n) is 20.2. The van der Waals surface area contributed by atoms with E-state index in [0.29, 0.717) is 29.3 Å². The van der Waals surface area contributed by atoms with Crippen LogP contribution in [0.5, 0.6) is 5.75 Å². The Morgan fingerprint density at radius 1 is 0.649 bits per heavy atom. The first-order valence-corrected chi connectivity index (χ1v) is 11.8. The summed E-state index contributed by atoms with van der Waals surface area (Å²) in [6.07, 6.45) is 1.51. The Morgan fingerprint density at radius 2 is 1.16 bits per heavy atom. The van der Waals surface area contributed by atoms with Crippen LogP contribution in [0, 0.1) is 6.92 Å². The monoisotopic (exact) mass is 488 g/mol. The number of aryl methyl sites for hydroxylation is 1. The molecule has 5 rings (SSSR count). The topological polar surface area (TPSA) is 66.9 Å². The van der Waals surface area contributed by atoms with Gasteiger partial charge in [0.1, 0.15) is 17.9 Å². The van der Waals surface area contributed by atoms with E-state index >= 15 is 0 Å². The summed E-state index contributed by atoms with van der Waals surface area (Å²) >= 11 is 0. The number of para-hydroxylation sites is 2. The SMILES string of the molecule is Cc1ccc(COc2ccc(C=C3C(=O)N(c4ccccc4)C(=O)N(c4ccccc4)C3=O)cc2)cc1. The molecule has 1 aliphatic heterocycles. The van der Waals surface area contributed by atoms with Crippen LogP contribution >= 0.6 is 0 Å². The summed E-state index contributed by atoms with van der Waals surface area (Å²) in [6, 6.07) is 31.7. The Bertz CT molecular complexity index is 1400. The highest BCUT2D eigenvalue weighted by molar-refractivity contribution is 6.46. The molecule has 0 N–H and O–H groups in total. The van der Waals surface area contributed by atoms with Crippen molar-refractivity contribution in [3.63, 3.8) is 0 Å². The number of imide groups is 2. The van der Waals surface area contributed by atoms with Gasteiger partial charge in [0.15, 0.2) is 0 Å². The van der Waals surface area contributed by atoms with E-state index in [0.717, 1.165) is 15.4 Å². The summed E-state index contributed by atoms with van der Waals surface area (Å²) in [7, 11) is 0. The Morgan fingerprint density at radius 3 is 1.68 bits per heavy atom. The van der Waals surface area contributed by atoms with Crippen LogP contribution in [0.1, 0.15) is 16.7 Å². The number of rotatable bonds is 6. The summed E-state index contributed by atoms with van der Waals surface area (Å²) in [5.74, 6) is -0.683. The Balaban J connectivity index is 1.44. The predicted molar refractivity (Wildman–Crippen MR) is 143 cm³/mol. The van der Waals surface area contributed by atoms with Crippen molar-refractivity contribution in [2.24, 2.45) is 0 Å². The standard InChI is InChI=1S/C31H24N2O4/c1-22-12-14-24(15-13-22)21-37-27-18-16-23(17-19-27)20-28-29(34)32(25-8-4-2-5-9-25)31(36)33(30(28)35)26-10-6-3-7-11-26/h2-20H,21H2,1H3. The molecule has 0 saturated carbocycles. The quantitative estimate of drug-likeness (QED) is 0.241. The van der Waals surface area contributed by atoms with E-state index in [4.69, 9.17) is 4.74 Å². The lowest BCUT2D eigenvalue weighted by molar-refractivity contribution is -0.121. The molecule has 6 nitrogen and oxygen atoms in total. The van der Waals surface area contributed by atoms with Gasteiger partial charge in [0, 0.05) is 0 Å². The second-order valence-electron chi connectivity index (χ2n) is 8.64. The van der Waals surface area contributed by atoms with E-state index in [-0.39, 0.29) is 5.57 Å². The molecule has 1 aliphatic rings. The first-order valence-electron chi connectivity index (χ1n) is 11.8. The number of amides is 4. The number of carbonyl (C=O) groups is 3. The third-order valence-electron chi connectivity index (χ3n) is 6.00. The first kappa shape index (κ1) is 23.8. The molecular formula is C31H24N2O4. The summed E-state index contributed by atoms with van der Waals surface area (Å²) in [5.41, 5.74) is 3.54. The maximum Gasteiger partial charge on any atom is 0.343 e. The molecule has 0 bridgehead atoms. The molecule has 182 valence electrons. The molecule has 0 unspecified atom stereocenters. The van der Waals surface area contributed by atoms with Crippen LogP contribution in [0.2, 0.25) is 0 Å². The van der Waals surface area contributed by atoms with E-state index in [9.17, 15) is 14.4 Å². The van der Waals surface area contributed by atoms with E-state index in [1.54, 1.807) is 84.9 Å².